The maximum atomic E-state index is 12.7. The zero-order valence-corrected chi connectivity index (χ0v) is 15.9. The lowest BCUT2D eigenvalue weighted by Gasteiger charge is -2.16. The fourth-order valence-corrected chi connectivity index (χ4v) is 3.42. The number of hydrogen-bond donors (Lipinski definition) is 1. The summed E-state index contributed by atoms with van der Waals surface area (Å²) in [6.45, 7) is -0.202. The Morgan fingerprint density at radius 1 is 1.23 bits per heavy atom. The summed E-state index contributed by atoms with van der Waals surface area (Å²) < 4.78 is 4.95. The maximum absolute atomic E-state index is 12.7. The number of amides is 2. The zero-order valence-electron chi connectivity index (χ0n) is 15.9. The number of methoxy groups -OCH3 is 1. The first kappa shape index (κ1) is 19.1. The summed E-state index contributed by atoms with van der Waals surface area (Å²) in [5.74, 6) is -0.610. The number of anilines is 1. The van der Waals surface area contributed by atoms with Gasteiger partial charge in [0, 0.05) is 22.6 Å². The minimum Gasteiger partial charge on any atom is -0.490 e. The van der Waals surface area contributed by atoms with Crippen molar-refractivity contribution in [2.75, 3.05) is 18.6 Å². The second-order valence-corrected chi connectivity index (χ2v) is 6.55. The van der Waals surface area contributed by atoms with Crippen LogP contribution in [-0.2, 0) is 4.79 Å². The van der Waals surface area contributed by atoms with Crippen LogP contribution in [0.5, 0.6) is 5.75 Å². The van der Waals surface area contributed by atoms with Crippen molar-refractivity contribution in [3.8, 4) is 5.75 Å². The number of ether oxygens (including phenoxy) is 1. The Morgan fingerprint density at radius 3 is 2.73 bits per heavy atom. The largest absolute Gasteiger partial charge is 0.490 e. The molecule has 0 unspecified atom stereocenters. The van der Waals surface area contributed by atoms with Crippen LogP contribution in [0.15, 0.2) is 59.7 Å². The Hall–Kier alpha value is -4.27. The van der Waals surface area contributed by atoms with Gasteiger partial charge in [-0.15, -0.1) is 0 Å². The van der Waals surface area contributed by atoms with Crippen LogP contribution >= 0.6 is 0 Å². The molecule has 1 aliphatic rings. The molecular weight excluding hydrogens is 388 g/mol. The highest BCUT2D eigenvalue weighted by Crippen LogP contribution is 2.36. The van der Waals surface area contributed by atoms with Gasteiger partial charge in [0.05, 0.1) is 23.9 Å². The molecule has 3 aromatic rings. The minimum atomic E-state index is -0.563. The van der Waals surface area contributed by atoms with E-state index in [1.54, 1.807) is 24.3 Å². The predicted octanol–water partition coefficient (Wildman–Crippen LogP) is 2.87. The van der Waals surface area contributed by atoms with Crippen LogP contribution in [0.2, 0.25) is 0 Å². The third kappa shape index (κ3) is 3.32. The number of carbonyl (C=O) groups is 2. The molecule has 9 nitrogen and oxygen atoms in total. The first-order valence-electron chi connectivity index (χ1n) is 8.97. The summed E-state index contributed by atoms with van der Waals surface area (Å²) in [6, 6.07) is 15.3. The average molecular weight is 404 g/mol. The number of benzene rings is 3. The van der Waals surface area contributed by atoms with Crippen LogP contribution < -0.4 is 15.1 Å². The first-order valence-corrected chi connectivity index (χ1v) is 8.97. The van der Waals surface area contributed by atoms with E-state index >= 15 is 0 Å². The van der Waals surface area contributed by atoms with Crippen molar-refractivity contribution < 1.29 is 19.2 Å². The molecule has 3 aromatic carbocycles. The Balaban J connectivity index is 1.46. The molecule has 150 valence electrons. The number of hydrazone groups is 1. The Labute approximate surface area is 170 Å². The topological polar surface area (TPSA) is 114 Å². The number of nitrogens with one attached hydrogen (secondary N) is 1. The molecule has 0 spiro atoms. The van der Waals surface area contributed by atoms with Gasteiger partial charge in [-0.3, -0.25) is 24.6 Å². The number of hydrogen-bond acceptors (Lipinski definition) is 6. The number of nitro benzene ring substituents is 1. The van der Waals surface area contributed by atoms with E-state index in [0.717, 1.165) is 10.8 Å². The summed E-state index contributed by atoms with van der Waals surface area (Å²) in [5, 5.41) is 16.7. The molecule has 4 rings (SSSR count). The second kappa shape index (κ2) is 7.63. The highest BCUT2D eigenvalue weighted by molar-refractivity contribution is 6.26. The monoisotopic (exact) mass is 404 g/mol. The van der Waals surface area contributed by atoms with Gasteiger partial charge >= 0.3 is 5.69 Å². The van der Waals surface area contributed by atoms with Crippen LogP contribution in [0.4, 0.5) is 11.4 Å². The molecule has 2 amide bonds. The van der Waals surface area contributed by atoms with E-state index in [9.17, 15) is 19.7 Å². The Bertz CT molecular complexity index is 1220. The van der Waals surface area contributed by atoms with Crippen molar-refractivity contribution in [3.05, 3.63) is 75.8 Å². The maximum Gasteiger partial charge on any atom is 0.311 e. The molecule has 0 fully saturated rings. The van der Waals surface area contributed by atoms with E-state index in [2.05, 4.69) is 10.5 Å². The van der Waals surface area contributed by atoms with Crippen molar-refractivity contribution in [3.63, 3.8) is 0 Å². The van der Waals surface area contributed by atoms with Gasteiger partial charge in [-0.1, -0.05) is 24.3 Å². The fourth-order valence-electron chi connectivity index (χ4n) is 3.42. The summed E-state index contributed by atoms with van der Waals surface area (Å²) in [5.41, 5.74) is 3.80. The highest BCUT2D eigenvalue weighted by Gasteiger charge is 2.30. The van der Waals surface area contributed by atoms with Crippen LogP contribution in [0, 0.1) is 10.1 Å². The van der Waals surface area contributed by atoms with Crippen molar-refractivity contribution in [2.24, 2.45) is 5.10 Å². The summed E-state index contributed by atoms with van der Waals surface area (Å²) in [7, 11) is 1.34. The predicted molar refractivity (Wildman–Crippen MR) is 111 cm³/mol. The van der Waals surface area contributed by atoms with Gasteiger partial charge in [-0.25, -0.2) is 5.43 Å². The van der Waals surface area contributed by atoms with Gasteiger partial charge in [0.25, 0.3) is 11.8 Å². The van der Waals surface area contributed by atoms with Gasteiger partial charge in [-0.05, 0) is 29.7 Å². The van der Waals surface area contributed by atoms with E-state index in [4.69, 9.17) is 4.74 Å². The molecule has 1 heterocycles. The molecule has 1 aliphatic heterocycles. The van der Waals surface area contributed by atoms with E-state index in [0.29, 0.717) is 16.8 Å². The smallest absolute Gasteiger partial charge is 0.311 e. The molecule has 0 aromatic heterocycles. The summed E-state index contributed by atoms with van der Waals surface area (Å²) in [4.78, 5) is 37.0. The number of nitrogens with zero attached hydrogens (tertiary/aromatic N) is 3. The van der Waals surface area contributed by atoms with Gasteiger partial charge < -0.3 is 4.74 Å². The molecule has 0 saturated heterocycles. The highest BCUT2D eigenvalue weighted by atomic mass is 16.6. The fraction of sp³-hybridized carbons (Fsp3) is 0.0952. The lowest BCUT2D eigenvalue weighted by atomic mass is 10.1. The molecular formula is C21H16N4O5. The van der Waals surface area contributed by atoms with Crippen molar-refractivity contribution in [1.29, 1.82) is 0 Å². The normalized spacial score (nSPS) is 12.6. The number of carbonyl (C=O) groups excluding carboxylic acids is 2. The average Bonchev–Trinajstić information content (AvgIpc) is 3.01. The summed E-state index contributed by atoms with van der Waals surface area (Å²) in [6.07, 6.45) is 1.28. The molecule has 0 aliphatic carbocycles. The lowest BCUT2D eigenvalue weighted by molar-refractivity contribution is -0.385. The molecule has 0 bridgehead atoms. The molecule has 0 radical (unpaired) electrons. The lowest BCUT2D eigenvalue weighted by Crippen LogP contribution is -2.37. The first-order chi connectivity index (χ1) is 14.5. The summed E-state index contributed by atoms with van der Waals surface area (Å²) >= 11 is 0. The Morgan fingerprint density at radius 2 is 2.00 bits per heavy atom. The minimum absolute atomic E-state index is 0.127. The molecule has 9 heteroatoms. The van der Waals surface area contributed by atoms with Crippen molar-refractivity contribution in [1.82, 2.24) is 5.43 Å². The standard InChI is InChI=1S/C21H16N4O5/c1-30-18-9-8-13(10-17(18)25(28)29)11-22-23-19(26)12-24-16-7-3-5-14-4-2-6-15(20(14)16)21(24)27/h2-11H,12H2,1H3,(H,23,26)/b22-11+. The number of nitro groups is 1. The van der Waals surface area contributed by atoms with Crippen molar-refractivity contribution >= 4 is 40.2 Å². The third-order valence-electron chi connectivity index (χ3n) is 4.75. The van der Waals surface area contributed by atoms with E-state index < -0.39 is 10.8 Å². The molecule has 1 N–H and O–H groups in total. The molecule has 0 atom stereocenters. The van der Waals surface area contributed by atoms with Crippen LogP contribution in [0.3, 0.4) is 0 Å². The van der Waals surface area contributed by atoms with Crippen LogP contribution in [0.1, 0.15) is 15.9 Å². The quantitative estimate of drug-likeness (QED) is 0.385. The van der Waals surface area contributed by atoms with Crippen molar-refractivity contribution in [2.45, 2.75) is 0 Å². The Kier molecular flexibility index (Phi) is 4.85. The van der Waals surface area contributed by atoms with Gasteiger partial charge in [0.2, 0.25) is 0 Å². The van der Waals surface area contributed by atoms with Crippen LogP contribution in [0.25, 0.3) is 10.8 Å². The second-order valence-electron chi connectivity index (χ2n) is 6.55. The number of rotatable bonds is 6. The van der Waals surface area contributed by atoms with Gasteiger partial charge in [0.1, 0.15) is 6.54 Å². The van der Waals surface area contributed by atoms with E-state index in [1.165, 1.54) is 30.4 Å². The van der Waals surface area contributed by atoms with E-state index in [1.807, 2.05) is 18.2 Å². The molecule has 0 saturated carbocycles. The molecule has 30 heavy (non-hydrogen) atoms. The van der Waals surface area contributed by atoms with Gasteiger partial charge in [-0.2, -0.15) is 5.10 Å². The SMILES string of the molecule is COc1ccc(/C=N/NC(=O)CN2C(=O)c3cccc4cccc2c34)cc1[N+](=O)[O-]. The third-order valence-corrected chi connectivity index (χ3v) is 4.75. The van der Waals surface area contributed by atoms with E-state index in [-0.39, 0.29) is 23.9 Å². The zero-order chi connectivity index (χ0) is 21.3. The van der Waals surface area contributed by atoms with Crippen LogP contribution in [-0.4, -0.2) is 36.6 Å². The van der Waals surface area contributed by atoms with Gasteiger partial charge in [0.15, 0.2) is 5.75 Å².